The van der Waals surface area contributed by atoms with Crippen LogP contribution in [0.15, 0.2) is 52.9 Å². The number of phenols is 1. The van der Waals surface area contributed by atoms with Crippen LogP contribution in [0.5, 0.6) is 5.75 Å². The lowest BCUT2D eigenvalue weighted by Gasteiger charge is -2.29. The molecule has 1 aliphatic heterocycles. The molecular weight excluding hydrogens is 482 g/mol. The first kappa shape index (κ1) is 27.3. The molecule has 190 valence electrons. The molecule has 1 atom stereocenters. The van der Waals surface area contributed by atoms with Crippen LogP contribution in [0.4, 0.5) is 0 Å². The van der Waals surface area contributed by atoms with Crippen molar-refractivity contribution in [2.45, 2.75) is 69.4 Å². The standard InChI is InChI=1S/C27H35NO5S2/c1-17-9-11-20(12-10-17)35(31,32)33-14-13-28-18(2)34-24(25(28)30)19-15-21(26(3,4)5)23(29)22(16-19)27(6,7)8/h9-12,15-16,24,29H,2,13-14H2,1,3-8H3. The minimum absolute atomic E-state index is 0.0720. The van der Waals surface area contributed by atoms with Crippen molar-refractivity contribution in [3.63, 3.8) is 0 Å². The van der Waals surface area contributed by atoms with Crippen molar-refractivity contribution in [1.82, 2.24) is 4.90 Å². The van der Waals surface area contributed by atoms with E-state index in [1.54, 1.807) is 12.1 Å². The van der Waals surface area contributed by atoms with Crippen molar-refractivity contribution in [2.24, 2.45) is 0 Å². The van der Waals surface area contributed by atoms with E-state index in [1.165, 1.54) is 28.8 Å². The fourth-order valence-corrected chi connectivity index (χ4v) is 5.90. The lowest BCUT2D eigenvalue weighted by atomic mass is 9.78. The maximum absolute atomic E-state index is 13.4. The number of hydrogen-bond donors (Lipinski definition) is 1. The minimum Gasteiger partial charge on any atom is -0.507 e. The maximum Gasteiger partial charge on any atom is 0.297 e. The zero-order chi connectivity index (χ0) is 26.3. The Bertz CT molecular complexity index is 1200. The molecule has 6 nitrogen and oxygen atoms in total. The van der Waals surface area contributed by atoms with Crippen molar-refractivity contribution in [2.75, 3.05) is 13.2 Å². The van der Waals surface area contributed by atoms with Crippen LogP contribution in [0.1, 0.15) is 69.0 Å². The van der Waals surface area contributed by atoms with Gasteiger partial charge in [-0.3, -0.25) is 8.98 Å². The summed E-state index contributed by atoms with van der Waals surface area (Å²) in [4.78, 5) is 14.9. The van der Waals surface area contributed by atoms with Gasteiger partial charge in [0.1, 0.15) is 11.0 Å². The highest BCUT2D eigenvalue weighted by atomic mass is 32.2. The van der Waals surface area contributed by atoms with Gasteiger partial charge in [0, 0.05) is 0 Å². The Morgan fingerprint density at radius 2 is 1.54 bits per heavy atom. The molecule has 0 aromatic heterocycles. The molecule has 1 fully saturated rings. The molecule has 1 saturated heterocycles. The third kappa shape index (κ3) is 5.93. The molecule has 0 spiro atoms. The third-order valence-corrected chi connectivity index (χ3v) is 8.49. The SMILES string of the molecule is C=C1SC(c2cc(C(C)(C)C)c(O)c(C(C)(C)C)c2)C(=O)N1CCOS(=O)(=O)c1ccc(C)cc1. The highest BCUT2D eigenvalue weighted by Crippen LogP contribution is 2.48. The van der Waals surface area contributed by atoms with E-state index in [-0.39, 0.29) is 40.5 Å². The highest BCUT2D eigenvalue weighted by molar-refractivity contribution is 8.04. The molecule has 2 aromatic carbocycles. The number of carbonyl (C=O) groups is 1. The Kier molecular flexibility index (Phi) is 7.52. The molecule has 35 heavy (non-hydrogen) atoms. The van der Waals surface area contributed by atoms with Gasteiger partial charge < -0.3 is 10.0 Å². The summed E-state index contributed by atoms with van der Waals surface area (Å²) >= 11 is 1.33. The van der Waals surface area contributed by atoms with E-state index < -0.39 is 15.4 Å². The first-order chi connectivity index (χ1) is 16.0. The first-order valence-electron chi connectivity index (χ1n) is 11.5. The van der Waals surface area contributed by atoms with Crippen LogP contribution < -0.4 is 0 Å². The van der Waals surface area contributed by atoms with E-state index in [9.17, 15) is 18.3 Å². The molecule has 2 aromatic rings. The van der Waals surface area contributed by atoms with Crippen LogP contribution in [0.2, 0.25) is 0 Å². The minimum atomic E-state index is -3.92. The highest BCUT2D eigenvalue weighted by Gasteiger charge is 2.38. The molecule has 0 radical (unpaired) electrons. The lowest BCUT2D eigenvalue weighted by Crippen LogP contribution is -2.30. The molecule has 1 amide bonds. The molecular formula is C27H35NO5S2. The quantitative estimate of drug-likeness (QED) is 0.489. The van der Waals surface area contributed by atoms with Crippen molar-refractivity contribution < 1.29 is 22.5 Å². The van der Waals surface area contributed by atoms with E-state index in [4.69, 9.17) is 4.18 Å². The molecule has 0 bridgehead atoms. The van der Waals surface area contributed by atoms with Crippen molar-refractivity contribution >= 4 is 27.8 Å². The Morgan fingerprint density at radius 3 is 2.03 bits per heavy atom. The fraction of sp³-hybridized carbons (Fsp3) is 0.444. The fourth-order valence-electron chi connectivity index (χ4n) is 3.92. The number of carbonyl (C=O) groups excluding carboxylic acids is 1. The van der Waals surface area contributed by atoms with Gasteiger partial charge in [0.15, 0.2) is 0 Å². The average molecular weight is 518 g/mol. The summed E-state index contributed by atoms with van der Waals surface area (Å²) in [6.45, 7) is 17.9. The number of aryl methyl sites for hydroxylation is 1. The normalized spacial score (nSPS) is 17.3. The van der Waals surface area contributed by atoms with Gasteiger partial charge in [-0.25, -0.2) is 0 Å². The average Bonchev–Trinajstić information content (AvgIpc) is 3.01. The molecule has 3 rings (SSSR count). The Balaban J connectivity index is 1.81. The first-order valence-corrected chi connectivity index (χ1v) is 13.8. The second-order valence-electron chi connectivity index (χ2n) is 10.9. The van der Waals surface area contributed by atoms with Gasteiger partial charge in [0.2, 0.25) is 5.91 Å². The van der Waals surface area contributed by atoms with Gasteiger partial charge in [-0.2, -0.15) is 8.42 Å². The summed E-state index contributed by atoms with van der Waals surface area (Å²) < 4.78 is 30.2. The smallest absolute Gasteiger partial charge is 0.297 e. The summed E-state index contributed by atoms with van der Waals surface area (Å²) in [5.74, 6) is 0.0799. The third-order valence-electron chi connectivity index (χ3n) is 5.96. The van der Waals surface area contributed by atoms with Gasteiger partial charge in [0.05, 0.1) is 23.1 Å². The monoisotopic (exact) mass is 517 g/mol. The number of phenolic OH excluding ortho intramolecular Hbond substituents is 1. The summed E-state index contributed by atoms with van der Waals surface area (Å²) in [6, 6.07) is 10.2. The van der Waals surface area contributed by atoms with Gasteiger partial charge in [0.25, 0.3) is 10.1 Å². The lowest BCUT2D eigenvalue weighted by molar-refractivity contribution is -0.127. The number of aromatic hydroxyl groups is 1. The number of nitrogens with zero attached hydrogens (tertiary/aromatic N) is 1. The number of benzene rings is 2. The molecule has 1 aliphatic rings. The summed E-state index contributed by atoms with van der Waals surface area (Å²) in [5, 5.41) is 11.0. The van der Waals surface area contributed by atoms with Crippen LogP contribution in [-0.4, -0.2) is 37.5 Å². The van der Waals surface area contributed by atoms with E-state index in [0.29, 0.717) is 5.03 Å². The molecule has 8 heteroatoms. The van der Waals surface area contributed by atoms with Crippen LogP contribution in [0.3, 0.4) is 0 Å². The Hall–Kier alpha value is -2.29. The second kappa shape index (κ2) is 9.64. The van der Waals surface area contributed by atoms with E-state index in [2.05, 4.69) is 6.58 Å². The van der Waals surface area contributed by atoms with E-state index in [0.717, 1.165) is 22.3 Å². The zero-order valence-electron chi connectivity index (χ0n) is 21.5. The van der Waals surface area contributed by atoms with Crippen LogP contribution in [0.25, 0.3) is 0 Å². The molecule has 1 unspecified atom stereocenters. The van der Waals surface area contributed by atoms with Gasteiger partial charge in [-0.15, -0.1) is 0 Å². The van der Waals surface area contributed by atoms with Crippen LogP contribution in [0, 0.1) is 6.92 Å². The Morgan fingerprint density at radius 1 is 1.03 bits per heavy atom. The predicted octanol–water partition coefficient (Wildman–Crippen LogP) is 5.79. The van der Waals surface area contributed by atoms with Crippen molar-refractivity contribution in [3.05, 3.63) is 70.3 Å². The number of thioether (sulfide) groups is 1. The molecule has 0 saturated carbocycles. The number of hydrogen-bond acceptors (Lipinski definition) is 6. The van der Waals surface area contributed by atoms with Crippen molar-refractivity contribution in [1.29, 1.82) is 0 Å². The van der Waals surface area contributed by atoms with E-state index >= 15 is 0 Å². The Labute approximate surface area is 213 Å². The number of amides is 1. The largest absolute Gasteiger partial charge is 0.507 e. The van der Waals surface area contributed by atoms with Crippen LogP contribution in [-0.2, 0) is 29.9 Å². The maximum atomic E-state index is 13.4. The summed E-state index contributed by atoms with van der Waals surface area (Å²) in [5.41, 5.74) is 2.67. The van der Waals surface area contributed by atoms with Gasteiger partial charge >= 0.3 is 0 Å². The second-order valence-corrected chi connectivity index (χ2v) is 13.7. The predicted molar refractivity (Wildman–Crippen MR) is 141 cm³/mol. The van der Waals surface area contributed by atoms with E-state index in [1.807, 2.05) is 60.6 Å². The summed E-state index contributed by atoms with van der Waals surface area (Å²) in [7, 11) is -3.92. The van der Waals surface area contributed by atoms with Gasteiger partial charge in [-0.05, 0) is 58.7 Å². The number of rotatable bonds is 6. The van der Waals surface area contributed by atoms with Crippen molar-refractivity contribution in [3.8, 4) is 5.75 Å². The molecule has 1 N–H and O–H groups in total. The molecule has 0 aliphatic carbocycles. The zero-order valence-corrected chi connectivity index (χ0v) is 23.1. The van der Waals surface area contributed by atoms with Crippen LogP contribution >= 0.6 is 11.8 Å². The molecule has 1 heterocycles. The topological polar surface area (TPSA) is 83.9 Å². The van der Waals surface area contributed by atoms with Gasteiger partial charge in [-0.1, -0.05) is 77.6 Å². The summed E-state index contributed by atoms with van der Waals surface area (Å²) in [6.07, 6.45) is 0.